The Labute approximate surface area is 258 Å². The van der Waals surface area contributed by atoms with Gasteiger partial charge in [0.15, 0.2) is 0 Å². The van der Waals surface area contributed by atoms with Crippen molar-refractivity contribution in [1.82, 2.24) is 5.32 Å². The number of hydrogen-bond acceptors (Lipinski definition) is 5. The average molecular weight is 621 g/mol. The van der Waals surface area contributed by atoms with Crippen LogP contribution in [0.15, 0.2) is 108 Å². The molecule has 0 fully saturated rings. The van der Waals surface area contributed by atoms with Crippen molar-refractivity contribution in [3.8, 4) is 5.75 Å². The van der Waals surface area contributed by atoms with E-state index in [1.54, 1.807) is 104 Å². The molecule has 0 aliphatic rings. The zero-order chi connectivity index (χ0) is 30.1. The molecule has 3 amide bonds. The van der Waals surface area contributed by atoms with Gasteiger partial charge in [-0.25, -0.2) is 0 Å². The highest BCUT2D eigenvalue weighted by Gasteiger charge is 2.18. The Morgan fingerprint density at radius 1 is 0.833 bits per heavy atom. The van der Waals surface area contributed by atoms with Crippen LogP contribution in [0.25, 0.3) is 6.08 Å². The van der Waals surface area contributed by atoms with Crippen molar-refractivity contribution >= 4 is 70.1 Å². The van der Waals surface area contributed by atoms with Gasteiger partial charge in [0, 0.05) is 26.9 Å². The van der Waals surface area contributed by atoms with Crippen LogP contribution in [0.2, 0.25) is 10.0 Å². The standard InChI is InChI=1S/C32H27Cl2N3O4S/c1-20(30(38)35-25-15-16-29(41-2)27(34)19-25)42-26-10-6-9-24(18-26)36-32(40)28(17-21-11-13-23(33)14-12-21)37-31(39)22-7-4-3-5-8-22/h3-20H,1-2H3,(H,35,38)(H,36,40)(H,37,39)/b28-17-. The van der Waals surface area contributed by atoms with Gasteiger partial charge in [0.05, 0.1) is 17.4 Å². The Bertz CT molecular complexity index is 1610. The van der Waals surface area contributed by atoms with E-state index in [1.165, 1.54) is 18.9 Å². The summed E-state index contributed by atoms with van der Waals surface area (Å²) in [5.74, 6) is -0.638. The smallest absolute Gasteiger partial charge is 0.272 e. The monoisotopic (exact) mass is 619 g/mol. The molecule has 0 spiro atoms. The number of nitrogens with one attached hydrogen (secondary N) is 3. The summed E-state index contributed by atoms with van der Waals surface area (Å²) in [6, 6.07) is 27.6. The van der Waals surface area contributed by atoms with E-state index >= 15 is 0 Å². The maximum Gasteiger partial charge on any atom is 0.272 e. The minimum absolute atomic E-state index is 0.0510. The van der Waals surface area contributed by atoms with Crippen LogP contribution in [-0.4, -0.2) is 30.1 Å². The first kappa shape index (κ1) is 30.7. The van der Waals surface area contributed by atoms with Gasteiger partial charge in [-0.15, -0.1) is 11.8 Å². The molecule has 0 saturated heterocycles. The lowest BCUT2D eigenvalue weighted by Crippen LogP contribution is -2.30. The van der Waals surface area contributed by atoms with Crippen molar-refractivity contribution in [2.45, 2.75) is 17.1 Å². The highest BCUT2D eigenvalue weighted by molar-refractivity contribution is 8.00. The first-order valence-electron chi connectivity index (χ1n) is 12.8. The lowest BCUT2D eigenvalue weighted by molar-refractivity contribution is -0.115. The van der Waals surface area contributed by atoms with Crippen molar-refractivity contribution in [2.24, 2.45) is 0 Å². The number of ether oxygens (including phenoxy) is 1. The van der Waals surface area contributed by atoms with Crippen LogP contribution >= 0.6 is 35.0 Å². The third kappa shape index (κ3) is 8.63. The van der Waals surface area contributed by atoms with Crippen LogP contribution in [0.5, 0.6) is 5.75 Å². The zero-order valence-corrected chi connectivity index (χ0v) is 25.0. The topological polar surface area (TPSA) is 96.5 Å². The number of halogens is 2. The molecule has 3 N–H and O–H groups in total. The fourth-order valence-corrected chi connectivity index (χ4v) is 5.07. The van der Waals surface area contributed by atoms with E-state index in [0.717, 1.165) is 4.90 Å². The SMILES string of the molecule is COc1ccc(NC(=O)C(C)Sc2cccc(NC(=O)/C(=C/c3ccc(Cl)cc3)NC(=O)c3ccccc3)c2)cc1Cl. The summed E-state index contributed by atoms with van der Waals surface area (Å²) in [4.78, 5) is 39.8. The Hall–Kier alpha value is -4.24. The van der Waals surface area contributed by atoms with Crippen molar-refractivity contribution < 1.29 is 19.1 Å². The highest BCUT2D eigenvalue weighted by atomic mass is 35.5. The van der Waals surface area contributed by atoms with Gasteiger partial charge in [-0.1, -0.05) is 59.6 Å². The van der Waals surface area contributed by atoms with Crippen LogP contribution in [0.4, 0.5) is 11.4 Å². The molecule has 4 aromatic carbocycles. The summed E-state index contributed by atoms with van der Waals surface area (Å²) in [5, 5.41) is 8.89. The molecule has 0 aromatic heterocycles. The van der Waals surface area contributed by atoms with Crippen molar-refractivity contribution in [3.05, 3.63) is 124 Å². The van der Waals surface area contributed by atoms with Crippen LogP contribution in [0.1, 0.15) is 22.8 Å². The van der Waals surface area contributed by atoms with Crippen molar-refractivity contribution in [3.63, 3.8) is 0 Å². The van der Waals surface area contributed by atoms with Gasteiger partial charge in [-0.2, -0.15) is 0 Å². The number of benzene rings is 4. The van der Waals surface area contributed by atoms with E-state index in [-0.39, 0.29) is 11.6 Å². The van der Waals surface area contributed by atoms with Gasteiger partial charge in [-0.05, 0) is 79.2 Å². The van der Waals surface area contributed by atoms with Gasteiger partial charge in [0.1, 0.15) is 11.4 Å². The summed E-state index contributed by atoms with van der Waals surface area (Å²) in [5.41, 5.74) is 2.19. The number of rotatable bonds is 10. The number of carbonyl (C=O) groups excluding carboxylic acids is 3. The molecule has 0 radical (unpaired) electrons. The average Bonchev–Trinajstić information content (AvgIpc) is 2.98. The minimum Gasteiger partial charge on any atom is -0.495 e. The molecule has 4 rings (SSSR count). The lowest BCUT2D eigenvalue weighted by atomic mass is 10.1. The Morgan fingerprint density at radius 2 is 1.55 bits per heavy atom. The third-order valence-corrected chi connectivity index (χ3v) is 7.54. The molecule has 0 aliphatic heterocycles. The quantitative estimate of drug-likeness (QED) is 0.126. The molecule has 1 unspecified atom stereocenters. The Balaban J connectivity index is 1.46. The van der Waals surface area contributed by atoms with Crippen LogP contribution in [0, 0.1) is 0 Å². The van der Waals surface area contributed by atoms with Crippen LogP contribution < -0.4 is 20.7 Å². The normalized spacial score (nSPS) is 11.8. The molecular formula is C32H27Cl2N3O4S. The number of hydrogen-bond donors (Lipinski definition) is 3. The molecule has 1 atom stereocenters. The first-order chi connectivity index (χ1) is 20.2. The second kappa shape index (κ2) is 14.6. The molecule has 0 bridgehead atoms. The van der Waals surface area contributed by atoms with E-state index in [1.807, 2.05) is 6.07 Å². The largest absolute Gasteiger partial charge is 0.495 e. The predicted octanol–water partition coefficient (Wildman–Crippen LogP) is 7.53. The number of carbonyl (C=O) groups is 3. The first-order valence-corrected chi connectivity index (χ1v) is 14.4. The zero-order valence-electron chi connectivity index (χ0n) is 22.7. The number of anilines is 2. The molecular weight excluding hydrogens is 593 g/mol. The maximum absolute atomic E-state index is 13.4. The predicted molar refractivity (Wildman–Crippen MR) is 170 cm³/mol. The third-order valence-electron chi connectivity index (χ3n) is 5.90. The summed E-state index contributed by atoms with van der Waals surface area (Å²) in [6.07, 6.45) is 1.57. The summed E-state index contributed by atoms with van der Waals surface area (Å²) >= 11 is 13.5. The van der Waals surface area contributed by atoms with Gasteiger partial charge in [0.2, 0.25) is 5.91 Å². The number of thioether (sulfide) groups is 1. The maximum atomic E-state index is 13.4. The summed E-state index contributed by atoms with van der Waals surface area (Å²) < 4.78 is 5.15. The highest BCUT2D eigenvalue weighted by Crippen LogP contribution is 2.29. The Morgan fingerprint density at radius 3 is 2.24 bits per heavy atom. The fraction of sp³-hybridized carbons (Fsp3) is 0.0938. The van der Waals surface area contributed by atoms with Gasteiger partial charge in [-0.3, -0.25) is 14.4 Å². The van der Waals surface area contributed by atoms with Gasteiger partial charge in [0.25, 0.3) is 11.8 Å². The minimum atomic E-state index is -0.515. The van der Waals surface area contributed by atoms with Crippen molar-refractivity contribution in [1.29, 1.82) is 0 Å². The summed E-state index contributed by atoms with van der Waals surface area (Å²) in [7, 11) is 1.52. The molecule has 0 aliphatic carbocycles. The van der Waals surface area contributed by atoms with Gasteiger partial charge >= 0.3 is 0 Å². The van der Waals surface area contributed by atoms with Crippen LogP contribution in [0.3, 0.4) is 0 Å². The van der Waals surface area contributed by atoms with Crippen LogP contribution in [-0.2, 0) is 9.59 Å². The Kier molecular flexibility index (Phi) is 10.7. The molecule has 4 aromatic rings. The fourth-order valence-electron chi connectivity index (χ4n) is 3.76. The van der Waals surface area contributed by atoms with E-state index in [4.69, 9.17) is 27.9 Å². The van der Waals surface area contributed by atoms with E-state index < -0.39 is 17.1 Å². The second-order valence-corrected chi connectivity index (χ2v) is 11.3. The number of amides is 3. The molecule has 0 saturated carbocycles. The molecule has 0 heterocycles. The molecule has 42 heavy (non-hydrogen) atoms. The van der Waals surface area contributed by atoms with Gasteiger partial charge < -0.3 is 20.7 Å². The molecule has 10 heteroatoms. The lowest BCUT2D eigenvalue weighted by Gasteiger charge is -2.14. The van der Waals surface area contributed by atoms with E-state index in [2.05, 4.69) is 16.0 Å². The summed E-state index contributed by atoms with van der Waals surface area (Å²) in [6.45, 7) is 1.78. The van der Waals surface area contributed by atoms with E-state index in [9.17, 15) is 14.4 Å². The van der Waals surface area contributed by atoms with E-state index in [0.29, 0.717) is 38.3 Å². The second-order valence-electron chi connectivity index (χ2n) is 9.01. The number of methoxy groups -OCH3 is 1. The molecule has 214 valence electrons. The van der Waals surface area contributed by atoms with Crippen molar-refractivity contribution in [2.75, 3.05) is 17.7 Å². The molecule has 7 nitrogen and oxygen atoms in total.